The highest BCUT2D eigenvalue weighted by atomic mass is 19.2. The number of oxazole rings is 1. The zero-order valence-electron chi connectivity index (χ0n) is 18.2. The number of carbonyl (C=O) groups excluding carboxylic acids is 2. The van der Waals surface area contributed by atoms with Crippen LogP contribution in [0.3, 0.4) is 0 Å². The van der Waals surface area contributed by atoms with Gasteiger partial charge in [-0.15, -0.1) is 0 Å². The van der Waals surface area contributed by atoms with Gasteiger partial charge < -0.3 is 14.5 Å². The molecule has 1 amide bonds. The lowest BCUT2D eigenvalue weighted by molar-refractivity contribution is -0.119. The van der Waals surface area contributed by atoms with Crippen molar-refractivity contribution >= 4 is 39.4 Å². The largest absolute Gasteiger partial charge is 0.452 e. The summed E-state index contributed by atoms with van der Waals surface area (Å²) in [5.74, 6) is -8.82. The van der Waals surface area contributed by atoms with Gasteiger partial charge in [0.1, 0.15) is 11.2 Å². The van der Waals surface area contributed by atoms with E-state index in [1.807, 2.05) is 6.07 Å². The Morgan fingerprint density at radius 2 is 1.58 bits per heavy atom. The molecule has 5 rings (SSSR count). The van der Waals surface area contributed by atoms with E-state index in [0.29, 0.717) is 27.4 Å². The average molecular weight is 494 g/mol. The zero-order valence-corrected chi connectivity index (χ0v) is 18.2. The van der Waals surface area contributed by atoms with Crippen LogP contribution >= 0.6 is 0 Å². The third-order valence-electron chi connectivity index (χ3n) is 5.36. The summed E-state index contributed by atoms with van der Waals surface area (Å²) >= 11 is 0. The zero-order chi connectivity index (χ0) is 25.4. The van der Waals surface area contributed by atoms with Crippen LogP contribution < -0.4 is 5.32 Å². The molecule has 0 radical (unpaired) electrons. The maximum atomic E-state index is 13.8. The Kier molecular flexibility index (Phi) is 5.85. The molecule has 0 fully saturated rings. The Morgan fingerprint density at radius 1 is 0.889 bits per heavy atom. The fourth-order valence-electron chi connectivity index (χ4n) is 3.74. The number of halogens is 4. The molecule has 0 atom stereocenters. The number of aromatic nitrogens is 1. The van der Waals surface area contributed by atoms with Crippen molar-refractivity contribution in [1.82, 2.24) is 4.98 Å². The molecule has 1 aromatic heterocycles. The van der Waals surface area contributed by atoms with Gasteiger partial charge in [-0.05, 0) is 29.7 Å². The van der Waals surface area contributed by atoms with Crippen molar-refractivity contribution in [1.29, 1.82) is 0 Å². The summed E-state index contributed by atoms with van der Waals surface area (Å²) in [7, 11) is 0. The summed E-state index contributed by atoms with van der Waals surface area (Å²) in [5.41, 5.74) is 0.424. The minimum atomic E-state index is -1.79. The Balaban J connectivity index is 1.42. The second-order valence-electron chi connectivity index (χ2n) is 7.66. The molecule has 0 unspecified atom stereocenters. The monoisotopic (exact) mass is 494 g/mol. The average Bonchev–Trinajstić information content (AvgIpc) is 3.32. The number of nitrogens with one attached hydrogen (secondary N) is 1. The number of amides is 1. The number of nitrogens with zero attached hydrogens (tertiary/aromatic N) is 1. The van der Waals surface area contributed by atoms with Gasteiger partial charge in [-0.3, -0.25) is 4.79 Å². The van der Waals surface area contributed by atoms with Crippen molar-refractivity contribution < 1.29 is 36.3 Å². The Morgan fingerprint density at radius 3 is 2.31 bits per heavy atom. The maximum Gasteiger partial charge on any atom is 0.339 e. The normalized spacial score (nSPS) is 11.1. The summed E-state index contributed by atoms with van der Waals surface area (Å²) in [6.07, 6.45) is 0. The fraction of sp³-hybridized carbons (Fsp3) is 0.0385. The predicted octanol–water partition coefficient (Wildman–Crippen LogP) is 6.00. The molecule has 6 nitrogen and oxygen atoms in total. The standard InChI is InChI=1S/C26H14F4N2O4/c27-16-11-17(28)23(30)24(22(16)29)32-20(33)12-35-26(34)15-8-4-6-13-5-3-7-14(21(13)15)25-31-18-9-1-2-10-19(18)36-25/h1-11H,12H2,(H,32,33). The van der Waals surface area contributed by atoms with Gasteiger partial charge in [-0.2, -0.15) is 0 Å². The number of fused-ring (bicyclic) bond motifs is 2. The molecule has 1 heterocycles. The second kappa shape index (κ2) is 9.14. The molecule has 10 heteroatoms. The number of rotatable bonds is 5. The molecule has 0 aliphatic rings. The van der Waals surface area contributed by atoms with Crippen LogP contribution in [0.2, 0.25) is 0 Å². The molecular formula is C26H14F4N2O4. The molecule has 0 bridgehead atoms. The smallest absolute Gasteiger partial charge is 0.339 e. The third-order valence-corrected chi connectivity index (χ3v) is 5.36. The highest BCUT2D eigenvalue weighted by Gasteiger charge is 2.23. The quantitative estimate of drug-likeness (QED) is 0.184. The second-order valence-corrected chi connectivity index (χ2v) is 7.66. The van der Waals surface area contributed by atoms with Crippen LogP contribution in [0, 0.1) is 23.3 Å². The van der Waals surface area contributed by atoms with Gasteiger partial charge in [0.15, 0.2) is 35.5 Å². The van der Waals surface area contributed by atoms with Crippen LogP contribution in [0.4, 0.5) is 23.2 Å². The predicted molar refractivity (Wildman–Crippen MR) is 122 cm³/mol. The number of hydrogen-bond acceptors (Lipinski definition) is 5. The van der Waals surface area contributed by atoms with Crippen LogP contribution in [0.15, 0.2) is 71.1 Å². The van der Waals surface area contributed by atoms with E-state index in [4.69, 9.17) is 9.15 Å². The molecule has 0 spiro atoms. The van der Waals surface area contributed by atoms with Crippen molar-refractivity contribution in [2.45, 2.75) is 0 Å². The van der Waals surface area contributed by atoms with E-state index < -0.39 is 47.4 Å². The molecule has 1 N–H and O–H groups in total. The van der Waals surface area contributed by atoms with Crippen molar-refractivity contribution in [2.24, 2.45) is 0 Å². The fourth-order valence-corrected chi connectivity index (χ4v) is 3.74. The lowest BCUT2D eigenvalue weighted by atomic mass is 9.99. The first kappa shape index (κ1) is 23.0. The Hall–Kier alpha value is -4.73. The maximum absolute atomic E-state index is 13.8. The number of para-hydroxylation sites is 2. The minimum absolute atomic E-state index is 0.00924. The van der Waals surface area contributed by atoms with Crippen molar-refractivity contribution in [3.8, 4) is 11.5 Å². The molecule has 0 aliphatic heterocycles. The number of carbonyl (C=O) groups is 2. The molecule has 4 aromatic carbocycles. The summed E-state index contributed by atoms with van der Waals surface area (Å²) in [4.78, 5) is 29.5. The van der Waals surface area contributed by atoms with Crippen LogP contribution in [-0.4, -0.2) is 23.5 Å². The number of ether oxygens (including phenoxy) is 1. The topological polar surface area (TPSA) is 81.4 Å². The summed E-state index contributed by atoms with van der Waals surface area (Å²) in [5, 5.41) is 2.79. The lowest BCUT2D eigenvalue weighted by Crippen LogP contribution is -2.23. The van der Waals surface area contributed by atoms with E-state index in [-0.39, 0.29) is 17.5 Å². The summed E-state index contributed by atoms with van der Waals surface area (Å²) in [6, 6.07) is 17.2. The van der Waals surface area contributed by atoms with Gasteiger partial charge in [0, 0.05) is 17.0 Å². The molecule has 180 valence electrons. The summed E-state index contributed by atoms with van der Waals surface area (Å²) in [6.45, 7) is -0.975. The minimum Gasteiger partial charge on any atom is -0.452 e. The molecule has 5 aromatic rings. The van der Waals surface area contributed by atoms with E-state index in [0.717, 1.165) is 0 Å². The van der Waals surface area contributed by atoms with Gasteiger partial charge >= 0.3 is 5.97 Å². The molecule has 36 heavy (non-hydrogen) atoms. The van der Waals surface area contributed by atoms with Crippen molar-refractivity contribution in [3.63, 3.8) is 0 Å². The van der Waals surface area contributed by atoms with E-state index in [1.54, 1.807) is 53.8 Å². The first-order chi connectivity index (χ1) is 17.3. The van der Waals surface area contributed by atoms with Crippen LogP contribution in [0.25, 0.3) is 33.3 Å². The van der Waals surface area contributed by atoms with Gasteiger partial charge in [0.2, 0.25) is 5.89 Å². The Labute approximate surface area is 200 Å². The molecule has 0 saturated heterocycles. The van der Waals surface area contributed by atoms with E-state index >= 15 is 0 Å². The SMILES string of the molecule is O=C(COC(=O)c1cccc2cccc(-c3nc4ccccc4o3)c12)Nc1c(F)c(F)cc(F)c1F. The van der Waals surface area contributed by atoms with Crippen LogP contribution in [-0.2, 0) is 9.53 Å². The van der Waals surface area contributed by atoms with E-state index in [2.05, 4.69) is 4.98 Å². The van der Waals surface area contributed by atoms with Gasteiger partial charge in [0.25, 0.3) is 5.91 Å². The third kappa shape index (κ3) is 4.13. The first-order valence-electron chi connectivity index (χ1n) is 10.5. The number of benzene rings is 4. The van der Waals surface area contributed by atoms with Gasteiger partial charge in [0.05, 0.1) is 5.56 Å². The van der Waals surface area contributed by atoms with E-state index in [9.17, 15) is 27.2 Å². The summed E-state index contributed by atoms with van der Waals surface area (Å²) < 4.78 is 65.2. The van der Waals surface area contributed by atoms with Crippen LogP contribution in [0.5, 0.6) is 0 Å². The lowest BCUT2D eigenvalue weighted by Gasteiger charge is -2.11. The Bertz CT molecular complexity index is 1600. The molecular weight excluding hydrogens is 480 g/mol. The number of hydrogen-bond donors (Lipinski definition) is 1. The van der Waals surface area contributed by atoms with Gasteiger partial charge in [-0.1, -0.05) is 36.4 Å². The molecule has 0 aliphatic carbocycles. The van der Waals surface area contributed by atoms with Crippen LogP contribution in [0.1, 0.15) is 10.4 Å². The van der Waals surface area contributed by atoms with Gasteiger partial charge in [-0.25, -0.2) is 27.3 Å². The van der Waals surface area contributed by atoms with Crippen molar-refractivity contribution in [2.75, 3.05) is 11.9 Å². The highest BCUT2D eigenvalue weighted by Crippen LogP contribution is 2.33. The first-order valence-corrected chi connectivity index (χ1v) is 10.5. The highest BCUT2D eigenvalue weighted by molar-refractivity contribution is 6.10. The van der Waals surface area contributed by atoms with Crippen molar-refractivity contribution in [3.05, 3.63) is 95.6 Å². The molecule has 0 saturated carbocycles. The number of anilines is 1. The van der Waals surface area contributed by atoms with E-state index in [1.165, 1.54) is 6.07 Å². The number of esters is 1.